The highest BCUT2D eigenvalue weighted by atomic mass is 16.5. The van der Waals surface area contributed by atoms with E-state index in [1.807, 2.05) is 44.2 Å². The van der Waals surface area contributed by atoms with Crippen LogP contribution in [0.1, 0.15) is 25.2 Å². The zero-order chi connectivity index (χ0) is 29.7. The molecular formula is C33H32O8. The van der Waals surface area contributed by atoms with Crippen molar-refractivity contribution in [2.45, 2.75) is 27.2 Å². The van der Waals surface area contributed by atoms with Gasteiger partial charge in [-0.2, -0.15) is 0 Å². The maximum atomic E-state index is 12.2. The highest BCUT2D eigenvalue weighted by Crippen LogP contribution is 2.34. The van der Waals surface area contributed by atoms with Gasteiger partial charge in [0.25, 0.3) is 0 Å². The number of ether oxygens (including phenoxy) is 3. The predicted molar refractivity (Wildman–Crippen MR) is 160 cm³/mol. The molecule has 0 saturated carbocycles. The molecule has 212 valence electrons. The first-order chi connectivity index (χ1) is 19.6. The quantitative estimate of drug-likeness (QED) is 0.228. The molecule has 8 heteroatoms. The summed E-state index contributed by atoms with van der Waals surface area (Å²) in [6, 6.07) is 16.9. The number of phenolic OH excluding ortho intramolecular Hbond substituents is 1. The van der Waals surface area contributed by atoms with E-state index in [2.05, 4.69) is 0 Å². The minimum absolute atomic E-state index is 0.0864. The lowest BCUT2D eigenvalue weighted by Gasteiger charge is -2.11. The number of aryl methyl sites for hydroxylation is 1. The zero-order valence-corrected chi connectivity index (χ0v) is 23.9. The lowest BCUT2D eigenvalue weighted by Crippen LogP contribution is -2.04. The summed E-state index contributed by atoms with van der Waals surface area (Å²) in [4.78, 5) is 24.2. The molecule has 2 aromatic heterocycles. The maximum Gasteiger partial charge on any atom is 0.196 e. The van der Waals surface area contributed by atoms with Crippen molar-refractivity contribution < 1.29 is 28.2 Å². The maximum absolute atomic E-state index is 12.2. The fourth-order valence-electron chi connectivity index (χ4n) is 4.32. The summed E-state index contributed by atoms with van der Waals surface area (Å²) in [6.45, 7) is 5.70. The zero-order valence-electron chi connectivity index (χ0n) is 23.9. The molecule has 0 aliphatic rings. The van der Waals surface area contributed by atoms with E-state index in [1.54, 1.807) is 39.3 Å². The Morgan fingerprint density at radius 3 is 2.27 bits per heavy atom. The van der Waals surface area contributed by atoms with Crippen LogP contribution in [0.4, 0.5) is 0 Å². The van der Waals surface area contributed by atoms with E-state index < -0.39 is 0 Å². The summed E-state index contributed by atoms with van der Waals surface area (Å²) in [7, 11) is 4.70. The highest BCUT2D eigenvalue weighted by molar-refractivity contribution is 5.88. The summed E-state index contributed by atoms with van der Waals surface area (Å²) in [5.74, 6) is 2.76. The average Bonchev–Trinajstić information content (AvgIpc) is 2.95. The number of rotatable bonds is 6. The molecule has 0 atom stereocenters. The van der Waals surface area contributed by atoms with Crippen LogP contribution in [0, 0.1) is 6.92 Å². The first-order valence-electron chi connectivity index (χ1n) is 12.9. The minimum atomic E-state index is -0.248. The first-order valence-corrected chi connectivity index (χ1v) is 12.9. The van der Waals surface area contributed by atoms with E-state index in [0.29, 0.717) is 51.7 Å². The Hall–Kier alpha value is -4.98. The summed E-state index contributed by atoms with van der Waals surface area (Å²) in [5.41, 5.74) is 3.27. The van der Waals surface area contributed by atoms with Gasteiger partial charge >= 0.3 is 0 Å². The van der Waals surface area contributed by atoms with Crippen LogP contribution in [0.2, 0.25) is 0 Å². The molecule has 0 fully saturated rings. The van der Waals surface area contributed by atoms with Gasteiger partial charge in [0.1, 0.15) is 51.1 Å². The van der Waals surface area contributed by atoms with Gasteiger partial charge in [-0.25, -0.2) is 0 Å². The number of hydrogen-bond donors (Lipinski definition) is 1. The highest BCUT2D eigenvalue weighted by Gasteiger charge is 2.17. The van der Waals surface area contributed by atoms with Crippen molar-refractivity contribution in [2.24, 2.45) is 0 Å². The largest absolute Gasteiger partial charge is 0.507 e. The van der Waals surface area contributed by atoms with Crippen molar-refractivity contribution >= 4 is 21.9 Å². The smallest absolute Gasteiger partial charge is 0.196 e. The molecule has 5 rings (SSSR count). The number of methoxy groups -OCH3 is 3. The van der Waals surface area contributed by atoms with Gasteiger partial charge in [-0.3, -0.25) is 9.59 Å². The molecule has 0 amide bonds. The van der Waals surface area contributed by atoms with Crippen LogP contribution in [0.5, 0.6) is 23.0 Å². The number of allylic oxidation sites excluding steroid dienone is 2. The molecule has 0 bridgehead atoms. The molecule has 8 nitrogen and oxygen atoms in total. The molecule has 5 aromatic rings. The van der Waals surface area contributed by atoms with Crippen LogP contribution >= 0.6 is 0 Å². The molecular weight excluding hydrogens is 524 g/mol. The Kier molecular flexibility index (Phi) is 8.82. The molecule has 0 spiro atoms. The summed E-state index contributed by atoms with van der Waals surface area (Å²) in [6.07, 6.45) is 2.60. The summed E-state index contributed by atoms with van der Waals surface area (Å²) < 4.78 is 27.1. The van der Waals surface area contributed by atoms with Crippen LogP contribution < -0.4 is 25.1 Å². The minimum Gasteiger partial charge on any atom is -0.507 e. The summed E-state index contributed by atoms with van der Waals surface area (Å²) >= 11 is 0. The SMILES string of the molecule is COc1cc(O)c2c(=O)cc(C)oc2c1CC=C(C)C.COc1cccc(-c2cc(=O)c3ccc(OC)cc3o2)c1. The van der Waals surface area contributed by atoms with Crippen LogP contribution in [0.3, 0.4) is 0 Å². The summed E-state index contributed by atoms with van der Waals surface area (Å²) in [5, 5.41) is 10.7. The number of hydrogen-bond acceptors (Lipinski definition) is 8. The third kappa shape index (κ3) is 6.44. The van der Waals surface area contributed by atoms with Gasteiger partial charge in [0.05, 0.1) is 26.7 Å². The topological polar surface area (TPSA) is 108 Å². The lowest BCUT2D eigenvalue weighted by atomic mass is 10.0. The van der Waals surface area contributed by atoms with E-state index >= 15 is 0 Å². The Morgan fingerprint density at radius 2 is 1.59 bits per heavy atom. The fourth-order valence-corrected chi connectivity index (χ4v) is 4.32. The standard InChI is InChI=1S/C17H14O4.C16H18O4/c1-19-12-5-3-4-11(8-12)16-10-15(18)14-7-6-13(20-2)9-17(14)21-16;1-9(2)5-6-11-14(19-4)8-13(18)15-12(17)7-10(3)20-16(11)15/h3-10H,1-2H3;5,7-8,18H,6H2,1-4H3. The molecule has 3 aromatic carbocycles. The molecule has 1 N–H and O–H groups in total. The van der Waals surface area contributed by atoms with E-state index in [-0.39, 0.29) is 22.0 Å². The van der Waals surface area contributed by atoms with E-state index in [9.17, 15) is 14.7 Å². The van der Waals surface area contributed by atoms with E-state index in [4.69, 9.17) is 23.0 Å². The van der Waals surface area contributed by atoms with Crippen LogP contribution in [0.25, 0.3) is 33.3 Å². The van der Waals surface area contributed by atoms with Crippen molar-refractivity contribution in [3.05, 3.63) is 104 Å². The first kappa shape index (κ1) is 29.0. The van der Waals surface area contributed by atoms with Gasteiger partial charge in [-0.15, -0.1) is 0 Å². The third-order valence-corrected chi connectivity index (χ3v) is 6.39. The number of fused-ring (bicyclic) bond motifs is 2. The normalized spacial score (nSPS) is 10.6. The monoisotopic (exact) mass is 556 g/mol. The Bertz CT molecular complexity index is 1860. The van der Waals surface area contributed by atoms with Crippen molar-refractivity contribution in [1.82, 2.24) is 0 Å². The molecule has 0 unspecified atom stereocenters. The second-order valence-electron chi connectivity index (χ2n) is 9.56. The fraction of sp³-hybridized carbons (Fsp3) is 0.212. The molecule has 2 heterocycles. The molecule has 0 aliphatic carbocycles. The average molecular weight is 557 g/mol. The number of aromatic hydroxyl groups is 1. The van der Waals surface area contributed by atoms with Crippen molar-refractivity contribution in [3.8, 4) is 34.3 Å². The Labute approximate surface area is 237 Å². The number of phenols is 1. The second kappa shape index (κ2) is 12.5. The van der Waals surface area contributed by atoms with Gasteiger partial charge < -0.3 is 28.2 Å². The van der Waals surface area contributed by atoms with Gasteiger partial charge in [-0.05, 0) is 51.5 Å². The number of benzene rings is 3. The van der Waals surface area contributed by atoms with Gasteiger partial charge in [0, 0.05) is 35.4 Å². The van der Waals surface area contributed by atoms with E-state index in [0.717, 1.165) is 16.7 Å². The Balaban J connectivity index is 0.000000189. The molecule has 41 heavy (non-hydrogen) atoms. The molecule has 0 saturated heterocycles. The van der Waals surface area contributed by atoms with Crippen LogP contribution in [-0.4, -0.2) is 26.4 Å². The van der Waals surface area contributed by atoms with Crippen molar-refractivity contribution in [1.29, 1.82) is 0 Å². The lowest BCUT2D eigenvalue weighted by molar-refractivity contribution is 0.403. The van der Waals surface area contributed by atoms with Crippen molar-refractivity contribution in [3.63, 3.8) is 0 Å². The molecule has 0 aliphatic heterocycles. The van der Waals surface area contributed by atoms with Gasteiger partial charge in [0.15, 0.2) is 10.9 Å². The van der Waals surface area contributed by atoms with Gasteiger partial charge in [0.2, 0.25) is 0 Å². The third-order valence-electron chi connectivity index (χ3n) is 6.39. The van der Waals surface area contributed by atoms with Crippen LogP contribution in [-0.2, 0) is 6.42 Å². The molecule has 0 radical (unpaired) electrons. The Morgan fingerprint density at radius 1 is 0.854 bits per heavy atom. The van der Waals surface area contributed by atoms with E-state index in [1.165, 1.54) is 25.3 Å². The van der Waals surface area contributed by atoms with Crippen molar-refractivity contribution in [2.75, 3.05) is 21.3 Å². The predicted octanol–water partition coefficient (Wildman–Crippen LogP) is 6.80. The van der Waals surface area contributed by atoms with Crippen LogP contribution in [0.15, 0.2) is 90.7 Å². The van der Waals surface area contributed by atoms with Gasteiger partial charge in [-0.1, -0.05) is 23.8 Å². The second-order valence-corrected chi connectivity index (χ2v) is 9.56.